The number of hydrogen-bond acceptors (Lipinski definition) is 2. The summed E-state index contributed by atoms with van der Waals surface area (Å²) in [4.78, 5) is 14.2. The first-order chi connectivity index (χ1) is 9.99. The van der Waals surface area contributed by atoms with Gasteiger partial charge in [-0.05, 0) is 50.5 Å². The third-order valence-corrected chi connectivity index (χ3v) is 4.54. The molecular formula is C18H25NOS. The molecular weight excluding hydrogens is 278 g/mol. The molecule has 1 aromatic carbocycles. The molecule has 0 spiro atoms. The lowest BCUT2D eigenvalue weighted by molar-refractivity contribution is 0.0944. The van der Waals surface area contributed by atoms with Crippen molar-refractivity contribution in [2.75, 3.05) is 0 Å². The monoisotopic (exact) mass is 303 g/mol. The third-order valence-electron chi connectivity index (χ3n) is 3.39. The van der Waals surface area contributed by atoms with E-state index in [1.54, 1.807) is 11.3 Å². The van der Waals surface area contributed by atoms with Crippen LogP contribution in [0.1, 0.15) is 58.1 Å². The first-order valence-corrected chi connectivity index (χ1v) is 8.24. The number of amides is 1. The van der Waals surface area contributed by atoms with Gasteiger partial charge >= 0.3 is 0 Å². The number of aryl methyl sites for hydroxylation is 3. The average Bonchev–Trinajstić information content (AvgIpc) is 2.81. The summed E-state index contributed by atoms with van der Waals surface area (Å²) >= 11 is 1.55. The molecule has 2 aromatic rings. The Morgan fingerprint density at radius 2 is 1.71 bits per heavy atom. The molecule has 0 bridgehead atoms. The molecule has 1 atom stereocenters. The lowest BCUT2D eigenvalue weighted by Gasteiger charge is -2.15. The van der Waals surface area contributed by atoms with Gasteiger partial charge in [0, 0.05) is 4.88 Å². The maximum Gasteiger partial charge on any atom is 0.261 e. The van der Waals surface area contributed by atoms with Gasteiger partial charge in [0.05, 0.1) is 10.9 Å². The highest BCUT2D eigenvalue weighted by atomic mass is 32.1. The molecule has 1 amide bonds. The van der Waals surface area contributed by atoms with Gasteiger partial charge in [-0.25, -0.2) is 0 Å². The zero-order chi connectivity index (χ0) is 16.0. The number of carbonyl (C=O) groups excluding carboxylic acids is 1. The molecule has 2 rings (SSSR count). The largest absolute Gasteiger partial charge is 0.345 e. The zero-order valence-electron chi connectivity index (χ0n) is 13.8. The van der Waals surface area contributed by atoms with Gasteiger partial charge in [0.25, 0.3) is 5.91 Å². The van der Waals surface area contributed by atoms with Gasteiger partial charge in [-0.1, -0.05) is 38.1 Å². The van der Waals surface area contributed by atoms with Crippen LogP contribution in [0.2, 0.25) is 0 Å². The summed E-state index contributed by atoms with van der Waals surface area (Å²) in [6.07, 6.45) is 0. The minimum absolute atomic E-state index is 0.0111. The molecule has 21 heavy (non-hydrogen) atoms. The predicted molar refractivity (Wildman–Crippen MR) is 92.2 cm³/mol. The van der Waals surface area contributed by atoms with E-state index in [0.29, 0.717) is 0 Å². The van der Waals surface area contributed by atoms with Crippen molar-refractivity contribution in [3.8, 4) is 0 Å². The fourth-order valence-corrected chi connectivity index (χ4v) is 3.04. The Kier molecular flexibility index (Phi) is 6.63. The molecule has 0 aliphatic heterocycles. The Bertz CT molecular complexity index is 582. The quantitative estimate of drug-likeness (QED) is 0.830. The molecule has 0 saturated carbocycles. The van der Waals surface area contributed by atoms with Crippen LogP contribution < -0.4 is 5.32 Å². The van der Waals surface area contributed by atoms with E-state index in [4.69, 9.17) is 0 Å². The summed E-state index contributed by atoms with van der Waals surface area (Å²) in [5.74, 6) is 0.0111. The van der Waals surface area contributed by atoms with Gasteiger partial charge in [-0.2, -0.15) is 0 Å². The maximum atomic E-state index is 12.2. The summed E-state index contributed by atoms with van der Waals surface area (Å²) in [7, 11) is 0. The van der Waals surface area contributed by atoms with Gasteiger partial charge in [-0.15, -0.1) is 11.3 Å². The van der Waals surface area contributed by atoms with Crippen LogP contribution in [0.15, 0.2) is 30.3 Å². The van der Waals surface area contributed by atoms with Crippen molar-refractivity contribution in [3.05, 3.63) is 56.8 Å². The third kappa shape index (κ3) is 4.43. The topological polar surface area (TPSA) is 29.1 Å². The minimum atomic E-state index is 0.0111. The first-order valence-electron chi connectivity index (χ1n) is 7.42. The highest BCUT2D eigenvalue weighted by molar-refractivity contribution is 7.14. The number of thiophene rings is 1. The van der Waals surface area contributed by atoms with E-state index in [1.807, 2.05) is 52.8 Å². The SMILES string of the molecule is CC.Cc1ccccc1C(C)NC(=O)c1cc(C)c(C)s1. The number of rotatable bonds is 3. The normalized spacial score (nSPS) is 11.3. The van der Waals surface area contributed by atoms with Crippen molar-refractivity contribution in [1.82, 2.24) is 5.32 Å². The Morgan fingerprint density at radius 1 is 1.10 bits per heavy atom. The number of hydrogen-bond donors (Lipinski definition) is 1. The van der Waals surface area contributed by atoms with Crippen LogP contribution in [0.25, 0.3) is 0 Å². The standard InChI is InChI=1S/C16H19NOS.C2H6/c1-10-7-5-6-8-14(10)12(3)17-16(18)15-9-11(2)13(4)19-15;1-2/h5-9,12H,1-4H3,(H,17,18);1-2H3. The molecule has 1 aromatic heterocycles. The molecule has 0 aliphatic carbocycles. The van der Waals surface area contributed by atoms with Gasteiger partial charge in [0.15, 0.2) is 0 Å². The summed E-state index contributed by atoms with van der Waals surface area (Å²) in [6, 6.07) is 10.1. The molecule has 2 nitrogen and oxygen atoms in total. The Morgan fingerprint density at radius 3 is 2.24 bits per heavy atom. The molecule has 0 fully saturated rings. The van der Waals surface area contributed by atoms with E-state index < -0.39 is 0 Å². The van der Waals surface area contributed by atoms with E-state index >= 15 is 0 Å². The number of nitrogens with one attached hydrogen (secondary N) is 1. The van der Waals surface area contributed by atoms with Crippen molar-refractivity contribution >= 4 is 17.2 Å². The minimum Gasteiger partial charge on any atom is -0.345 e. The van der Waals surface area contributed by atoms with Crippen LogP contribution in [-0.2, 0) is 0 Å². The van der Waals surface area contributed by atoms with Crippen LogP contribution in [0.5, 0.6) is 0 Å². The summed E-state index contributed by atoms with van der Waals surface area (Å²) < 4.78 is 0. The van der Waals surface area contributed by atoms with Crippen LogP contribution in [0.4, 0.5) is 0 Å². The van der Waals surface area contributed by atoms with Gasteiger partial charge in [0.2, 0.25) is 0 Å². The molecule has 1 unspecified atom stereocenters. The van der Waals surface area contributed by atoms with Crippen molar-refractivity contribution in [1.29, 1.82) is 0 Å². The lowest BCUT2D eigenvalue weighted by atomic mass is 10.0. The van der Waals surface area contributed by atoms with Crippen molar-refractivity contribution in [2.45, 2.75) is 47.6 Å². The lowest BCUT2D eigenvalue weighted by Crippen LogP contribution is -2.26. The van der Waals surface area contributed by atoms with Crippen molar-refractivity contribution in [3.63, 3.8) is 0 Å². The fourth-order valence-electron chi connectivity index (χ4n) is 2.10. The van der Waals surface area contributed by atoms with E-state index in [2.05, 4.69) is 24.4 Å². The summed E-state index contributed by atoms with van der Waals surface area (Å²) in [6.45, 7) is 12.2. The van der Waals surface area contributed by atoms with Crippen molar-refractivity contribution < 1.29 is 4.79 Å². The Labute approximate surface area is 132 Å². The Balaban J connectivity index is 0.00000106. The van der Waals surface area contributed by atoms with Crippen LogP contribution >= 0.6 is 11.3 Å². The average molecular weight is 303 g/mol. The second-order valence-electron chi connectivity index (χ2n) is 4.90. The number of carbonyl (C=O) groups is 1. The van der Waals surface area contributed by atoms with E-state index in [-0.39, 0.29) is 11.9 Å². The molecule has 0 aliphatic rings. The number of benzene rings is 1. The molecule has 1 heterocycles. The highest BCUT2D eigenvalue weighted by Gasteiger charge is 2.15. The van der Waals surface area contributed by atoms with Crippen LogP contribution in [-0.4, -0.2) is 5.91 Å². The Hall–Kier alpha value is -1.61. The first kappa shape index (κ1) is 17.4. The summed E-state index contributed by atoms with van der Waals surface area (Å²) in [5.41, 5.74) is 3.55. The second kappa shape index (κ2) is 7.99. The molecule has 1 N–H and O–H groups in total. The van der Waals surface area contributed by atoms with E-state index in [0.717, 1.165) is 4.88 Å². The van der Waals surface area contributed by atoms with Crippen molar-refractivity contribution in [2.24, 2.45) is 0 Å². The predicted octanol–water partition coefficient (Wildman–Crippen LogP) is 5.19. The zero-order valence-corrected chi connectivity index (χ0v) is 14.6. The maximum absolute atomic E-state index is 12.2. The van der Waals surface area contributed by atoms with Crippen LogP contribution in [0, 0.1) is 20.8 Å². The molecule has 0 radical (unpaired) electrons. The van der Waals surface area contributed by atoms with Gasteiger partial charge < -0.3 is 5.32 Å². The van der Waals surface area contributed by atoms with Gasteiger partial charge in [-0.3, -0.25) is 4.79 Å². The molecule has 114 valence electrons. The van der Waals surface area contributed by atoms with E-state index in [9.17, 15) is 4.79 Å². The smallest absolute Gasteiger partial charge is 0.261 e. The second-order valence-corrected chi connectivity index (χ2v) is 6.16. The highest BCUT2D eigenvalue weighted by Crippen LogP contribution is 2.22. The van der Waals surface area contributed by atoms with Gasteiger partial charge in [0.1, 0.15) is 0 Å². The molecule has 3 heteroatoms. The fraction of sp³-hybridized carbons (Fsp3) is 0.389. The van der Waals surface area contributed by atoms with Crippen LogP contribution in [0.3, 0.4) is 0 Å². The van der Waals surface area contributed by atoms with E-state index in [1.165, 1.54) is 21.6 Å². The molecule has 0 saturated heterocycles. The summed E-state index contributed by atoms with van der Waals surface area (Å²) in [5, 5.41) is 3.07.